The smallest absolute Gasteiger partial charge is 0.338 e. The molecule has 0 heterocycles. The van der Waals surface area contributed by atoms with Crippen molar-refractivity contribution in [2.45, 2.75) is 6.42 Å². The number of amides is 1. The van der Waals surface area contributed by atoms with Crippen LogP contribution in [0.4, 0.5) is 11.4 Å². The number of hydrogen-bond acceptors (Lipinski definition) is 8. The Kier molecular flexibility index (Phi) is 7.98. The normalized spacial score (nSPS) is 10.1. The number of methoxy groups -OCH3 is 2. The largest absolute Gasteiger partial charge is 0.493 e. The number of nitrogens with zero attached hydrogens (tertiary/aromatic N) is 1. The maximum absolute atomic E-state index is 12.1. The van der Waals surface area contributed by atoms with Crippen molar-refractivity contribution in [3.8, 4) is 11.5 Å². The number of rotatable bonds is 10. The minimum Gasteiger partial charge on any atom is -0.493 e. The Balaban J connectivity index is 1.84. The van der Waals surface area contributed by atoms with Crippen molar-refractivity contribution in [3.05, 3.63) is 57.6 Å². The average Bonchev–Trinajstić information content (AvgIpc) is 2.76. The molecule has 0 radical (unpaired) electrons. The van der Waals surface area contributed by atoms with E-state index in [9.17, 15) is 19.7 Å². The summed E-state index contributed by atoms with van der Waals surface area (Å²) < 4.78 is 15.3. The maximum atomic E-state index is 12.1. The minimum atomic E-state index is -0.823. The Morgan fingerprint density at radius 3 is 2.43 bits per heavy atom. The molecule has 2 aromatic carbocycles. The van der Waals surface area contributed by atoms with Gasteiger partial charge in [-0.15, -0.1) is 0 Å². The van der Waals surface area contributed by atoms with Crippen LogP contribution < -0.4 is 20.1 Å². The van der Waals surface area contributed by atoms with Crippen LogP contribution in [0.5, 0.6) is 11.5 Å². The van der Waals surface area contributed by atoms with Gasteiger partial charge in [-0.3, -0.25) is 14.9 Å². The van der Waals surface area contributed by atoms with Gasteiger partial charge in [0.25, 0.3) is 11.6 Å². The van der Waals surface area contributed by atoms with Gasteiger partial charge in [-0.05, 0) is 36.2 Å². The van der Waals surface area contributed by atoms with Crippen LogP contribution in [0.2, 0.25) is 0 Å². The number of nitro groups is 1. The summed E-state index contributed by atoms with van der Waals surface area (Å²) in [5, 5.41) is 16.4. The molecule has 0 aliphatic carbocycles. The van der Waals surface area contributed by atoms with Gasteiger partial charge in [-0.25, -0.2) is 4.79 Å². The van der Waals surface area contributed by atoms with Gasteiger partial charge < -0.3 is 24.8 Å². The van der Waals surface area contributed by atoms with Crippen LogP contribution in [0.25, 0.3) is 0 Å². The molecule has 0 saturated heterocycles. The summed E-state index contributed by atoms with van der Waals surface area (Å²) in [5.74, 6) is -0.102. The topological polar surface area (TPSA) is 129 Å². The van der Waals surface area contributed by atoms with Crippen LogP contribution in [0.15, 0.2) is 36.4 Å². The van der Waals surface area contributed by atoms with Crippen molar-refractivity contribution < 1.29 is 28.7 Å². The third-order valence-corrected chi connectivity index (χ3v) is 4.22. The Labute approximate surface area is 173 Å². The Hall–Kier alpha value is -3.82. The first-order valence-corrected chi connectivity index (χ1v) is 9.00. The van der Waals surface area contributed by atoms with Crippen molar-refractivity contribution in [3.63, 3.8) is 0 Å². The number of esters is 1. The molecule has 0 saturated carbocycles. The summed E-state index contributed by atoms with van der Waals surface area (Å²) in [4.78, 5) is 34.5. The SMILES string of the molecule is CNc1ccc(C(=O)OCC(=O)NCCc2ccc(OC)c(OC)c2)cc1[N+](=O)[O-]. The van der Waals surface area contributed by atoms with E-state index in [1.54, 1.807) is 20.3 Å². The number of nitro benzene ring substituents is 1. The lowest BCUT2D eigenvalue weighted by atomic mass is 10.1. The van der Waals surface area contributed by atoms with Gasteiger partial charge in [0.1, 0.15) is 5.69 Å². The van der Waals surface area contributed by atoms with Gasteiger partial charge in [0.15, 0.2) is 18.1 Å². The standard InChI is InChI=1S/C20H23N3O7/c1-21-15-6-5-14(11-16(15)23(26)27)20(25)30-12-19(24)22-9-8-13-4-7-17(28-2)18(10-13)29-3/h4-7,10-11,21H,8-9,12H2,1-3H3,(H,22,24). The number of carbonyl (C=O) groups is 2. The molecule has 0 bridgehead atoms. The number of ether oxygens (including phenoxy) is 3. The minimum absolute atomic E-state index is 0.0150. The van der Waals surface area contributed by atoms with Crippen LogP contribution >= 0.6 is 0 Å². The monoisotopic (exact) mass is 417 g/mol. The number of carbonyl (C=O) groups excluding carboxylic acids is 2. The van der Waals surface area contributed by atoms with Crippen LogP contribution in [-0.2, 0) is 16.0 Å². The van der Waals surface area contributed by atoms with E-state index in [4.69, 9.17) is 14.2 Å². The zero-order chi connectivity index (χ0) is 22.1. The van der Waals surface area contributed by atoms with Gasteiger partial charge in [0.05, 0.1) is 24.7 Å². The molecule has 0 fully saturated rings. The van der Waals surface area contributed by atoms with Gasteiger partial charge in [-0.1, -0.05) is 6.07 Å². The second-order valence-corrected chi connectivity index (χ2v) is 6.10. The lowest BCUT2D eigenvalue weighted by Crippen LogP contribution is -2.30. The van der Waals surface area contributed by atoms with Crippen molar-refractivity contribution in [2.75, 3.05) is 39.7 Å². The first-order valence-electron chi connectivity index (χ1n) is 9.00. The van der Waals surface area contributed by atoms with E-state index in [2.05, 4.69) is 10.6 Å². The highest BCUT2D eigenvalue weighted by Gasteiger charge is 2.18. The van der Waals surface area contributed by atoms with Gasteiger partial charge in [-0.2, -0.15) is 0 Å². The number of benzene rings is 2. The Bertz CT molecular complexity index is 931. The van der Waals surface area contributed by atoms with Crippen molar-refractivity contribution in [1.29, 1.82) is 0 Å². The molecule has 0 aliphatic rings. The average molecular weight is 417 g/mol. The molecule has 2 rings (SSSR count). The zero-order valence-electron chi connectivity index (χ0n) is 16.9. The number of anilines is 1. The molecule has 10 heteroatoms. The molecule has 0 aliphatic heterocycles. The molecular weight excluding hydrogens is 394 g/mol. The molecule has 10 nitrogen and oxygen atoms in total. The second kappa shape index (κ2) is 10.6. The number of hydrogen-bond donors (Lipinski definition) is 2. The second-order valence-electron chi connectivity index (χ2n) is 6.10. The van der Waals surface area contributed by atoms with E-state index in [-0.39, 0.29) is 16.9 Å². The summed E-state index contributed by atoms with van der Waals surface area (Å²) in [7, 11) is 4.62. The highest BCUT2D eigenvalue weighted by molar-refractivity contribution is 5.93. The fraction of sp³-hybridized carbons (Fsp3) is 0.300. The first-order chi connectivity index (χ1) is 14.4. The fourth-order valence-electron chi connectivity index (χ4n) is 2.67. The van der Waals surface area contributed by atoms with E-state index in [0.717, 1.165) is 11.6 Å². The first kappa shape index (κ1) is 22.5. The van der Waals surface area contributed by atoms with E-state index in [1.165, 1.54) is 19.2 Å². The van der Waals surface area contributed by atoms with Crippen molar-refractivity contribution >= 4 is 23.3 Å². The van der Waals surface area contributed by atoms with E-state index < -0.39 is 23.4 Å². The van der Waals surface area contributed by atoms with Crippen molar-refractivity contribution in [1.82, 2.24) is 5.32 Å². The van der Waals surface area contributed by atoms with Crippen molar-refractivity contribution in [2.24, 2.45) is 0 Å². The van der Waals surface area contributed by atoms with Gasteiger partial charge in [0, 0.05) is 19.7 Å². The predicted octanol–water partition coefficient (Wildman–Crippen LogP) is 2.17. The molecule has 1 amide bonds. The fourth-order valence-corrected chi connectivity index (χ4v) is 2.67. The summed E-state index contributed by atoms with van der Waals surface area (Å²) in [6, 6.07) is 9.33. The third kappa shape index (κ3) is 5.84. The van der Waals surface area contributed by atoms with Gasteiger partial charge >= 0.3 is 5.97 Å². The van der Waals surface area contributed by atoms with E-state index >= 15 is 0 Å². The molecule has 0 atom stereocenters. The lowest BCUT2D eigenvalue weighted by molar-refractivity contribution is -0.384. The van der Waals surface area contributed by atoms with Gasteiger partial charge in [0.2, 0.25) is 0 Å². The van der Waals surface area contributed by atoms with E-state index in [1.807, 2.05) is 12.1 Å². The highest BCUT2D eigenvalue weighted by atomic mass is 16.6. The van der Waals surface area contributed by atoms with Crippen LogP contribution in [0.1, 0.15) is 15.9 Å². The Morgan fingerprint density at radius 2 is 1.80 bits per heavy atom. The molecule has 2 aromatic rings. The molecule has 0 unspecified atom stereocenters. The summed E-state index contributed by atoms with van der Waals surface area (Å²) in [6.07, 6.45) is 0.539. The summed E-state index contributed by atoms with van der Waals surface area (Å²) >= 11 is 0. The predicted molar refractivity (Wildman–Crippen MR) is 109 cm³/mol. The molecule has 0 aromatic heterocycles. The Morgan fingerprint density at radius 1 is 1.07 bits per heavy atom. The maximum Gasteiger partial charge on any atom is 0.338 e. The summed E-state index contributed by atoms with van der Waals surface area (Å²) in [6.45, 7) is -0.166. The third-order valence-electron chi connectivity index (χ3n) is 4.22. The quantitative estimate of drug-likeness (QED) is 0.342. The molecule has 160 valence electrons. The lowest BCUT2D eigenvalue weighted by Gasteiger charge is -2.10. The van der Waals surface area contributed by atoms with Crippen LogP contribution in [-0.4, -0.2) is 51.2 Å². The van der Waals surface area contributed by atoms with Crippen LogP contribution in [0.3, 0.4) is 0 Å². The highest BCUT2D eigenvalue weighted by Crippen LogP contribution is 2.27. The molecular formula is C20H23N3O7. The van der Waals surface area contributed by atoms with Crippen LogP contribution in [0, 0.1) is 10.1 Å². The van der Waals surface area contributed by atoms with E-state index in [0.29, 0.717) is 24.5 Å². The number of nitrogens with one attached hydrogen (secondary N) is 2. The summed E-state index contributed by atoms with van der Waals surface area (Å²) in [5.41, 5.74) is 0.927. The molecule has 30 heavy (non-hydrogen) atoms. The molecule has 2 N–H and O–H groups in total. The molecule has 0 spiro atoms. The zero-order valence-corrected chi connectivity index (χ0v) is 16.9.